The summed E-state index contributed by atoms with van der Waals surface area (Å²) in [5.41, 5.74) is 7.35. The molecule has 0 spiro atoms. The zero-order valence-corrected chi connectivity index (χ0v) is 25.4. The van der Waals surface area contributed by atoms with E-state index in [9.17, 15) is 0 Å². The second kappa shape index (κ2) is 9.86. The van der Waals surface area contributed by atoms with Crippen LogP contribution >= 0.6 is 0 Å². The van der Waals surface area contributed by atoms with Crippen LogP contribution in [-0.2, 0) is 5.41 Å². The van der Waals surface area contributed by atoms with Crippen LogP contribution in [0.4, 0.5) is 0 Å². The molecule has 0 amide bonds. The minimum absolute atomic E-state index is 0.185. The van der Waals surface area contributed by atoms with Gasteiger partial charge in [-0.25, -0.2) is 0 Å². The van der Waals surface area contributed by atoms with Gasteiger partial charge in [0, 0.05) is 11.0 Å². The van der Waals surface area contributed by atoms with Gasteiger partial charge in [-0.15, -0.1) is 0 Å². The van der Waals surface area contributed by atoms with Crippen molar-refractivity contribution in [3.8, 4) is 33.8 Å². The average Bonchev–Trinajstić information content (AvgIpc) is 3.63. The standard InChI is InChI=1S/C40H32O2Si/c1-40(2)36-26-29(20-23-34(36)35-24-25-37-39(38(35)40)42-27-41-37)28-18-21-33(22-19-28)43(30-12-6-3-7-13-30,31-14-8-4-9-15-31)32-16-10-5-11-17-32/h3-26H,27H2,1-2H3. The van der Waals surface area contributed by atoms with E-state index in [0.29, 0.717) is 0 Å². The Balaban J connectivity index is 1.26. The highest BCUT2D eigenvalue weighted by Crippen LogP contribution is 2.56. The molecule has 208 valence electrons. The summed E-state index contributed by atoms with van der Waals surface area (Å²) in [6.45, 7) is 4.88. The van der Waals surface area contributed by atoms with Gasteiger partial charge in [-0.2, -0.15) is 0 Å². The molecule has 6 aromatic rings. The van der Waals surface area contributed by atoms with Gasteiger partial charge in [-0.3, -0.25) is 0 Å². The van der Waals surface area contributed by atoms with Crippen molar-refractivity contribution in [3.63, 3.8) is 0 Å². The van der Waals surface area contributed by atoms with Crippen molar-refractivity contribution >= 4 is 28.8 Å². The number of benzene rings is 6. The van der Waals surface area contributed by atoms with Crippen LogP contribution in [0.25, 0.3) is 22.3 Å². The van der Waals surface area contributed by atoms with Crippen LogP contribution < -0.4 is 30.2 Å². The lowest BCUT2D eigenvalue weighted by atomic mass is 9.81. The predicted octanol–water partition coefficient (Wildman–Crippen LogP) is 6.77. The van der Waals surface area contributed by atoms with Crippen molar-refractivity contribution < 1.29 is 9.47 Å². The summed E-state index contributed by atoms with van der Waals surface area (Å²) < 4.78 is 11.7. The van der Waals surface area contributed by atoms with Gasteiger partial charge in [0.2, 0.25) is 6.79 Å². The van der Waals surface area contributed by atoms with Crippen LogP contribution in [0.3, 0.4) is 0 Å². The summed E-state index contributed by atoms with van der Waals surface area (Å²) in [6.07, 6.45) is 0. The molecule has 43 heavy (non-hydrogen) atoms. The second-order valence-corrected chi connectivity index (χ2v) is 15.8. The minimum Gasteiger partial charge on any atom is -0.454 e. The molecule has 0 bridgehead atoms. The molecule has 0 atom stereocenters. The molecule has 0 aromatic heterocycles. The lowest BCUT2D eigenvalue weighted by molar-refractivity contribution is 0.172. The first-order valence-electron chi connectivity index (χ1n) is 14.9. The van der Waals surface area contributed by atoms with E-state index < -0.39 is 8.07 Å². The highest BCUT2D eigenvalue weighted by atomic mass is 28.3. The average molecular weight is 573 g/mol. The fourth-order valence-electron chi connectivity index (χ4n) is 7.40. The van der Waals surface area contributed by atoms with Gasteiger partial charge in [-0.1, -0.05) is 147 Å². The van der Waals surface area contributed by atoms with E-state index in [4.69, 9.17) is 9.47 Å². The molecule has 2 aliphatic rings. The van der Waals surface area contributed by atoms with Crippen molar-refractivity contribution in [2.45, 2.75) is 19.3 Å². The van der Waals surface area contributed by atoms with E-state index >= 15 is 0 Å². The Morgan fingerprint density at radius 2 is 1.02 bits per heavy atom. The third kappa shape index (κ3) is 3.85. The quantitative estimate of drug-likeness (QED) is 0.168. The Morgan fingerprint density at radius 3 is 1.60 bits per heavy atom. The summed E-state index contributed by atoms with van der Waals surface area (Å²) in [7, 11) is -2.54. The Kier molecular flexibility index (Phi) is 5.92. The Hall–Kier alpha value is -4.86. The van der Waals surface area contributed by atoms with E-state index in [2.05, 4.69) is 153 Å². The van der Waals surface area contributed by atoms with Crippen molar-refractivity contribution in [1.82, 2.24) is 0 Å². The molecular formula is C40H32O2Si. The smallest absolute Gasteiger partial charge is 0.231 e. The van der Waals surface area contributed by atoms with Crippen molar-refractivity contribution in [2.75, 3.05) is 6.79 Å². The highest BCUT2D eigenvalue weighted by molar-refractivity contribution is 7.19. The maximum Gasteiger partial charge on any atom is 0.231 e. The number of rotatable bonds is 5. The summed E-state index contributed by atoms with van der Waals surface area (Å²) in [4.78, 5) is 0. The highest BCUT2D eigenvalue weighted by Gasteiger charge is 2.42. The van der Waals surface area contributed by atoms with Gasteiger partial charge in [0.1, 0.15) is 0 Å². The first kappa shape index (κ1) is 25.8. The van der Waals surface area contributed by atoms with Gasteiger partial charge < -0.3 is 9.47 Å². The van der Waals surface area contributed by atoms with Crippen molar-refractivity contribution in [3.05, 3.63) is 157 Å². The van der Waals surface area contributed by atoms with Gasteiger partial charge in [0.15, 0.2) is 19.6 Å². The predicted molar refractivity (Wildman–Crippen MR) is 179 cm³/mol. The normalized spacial score (nSPS) is 14.3. The molecule has 6 aromatic carbocycles. The van der Waals surface area contributed by atoms with E-state index in [-0.39, 0.29) is 12.2 Å². The monoisotopic (exact) mass is 572 g/mol. The van der Waals surface area contributed by atoms with Crippen molar-refractivity contribution in [1.29, 1.82) is 0 Å². The zero-order valence-electron chi connectivity index (χ0n) is 24.4. The molecule has 1 heterocycles. The molecule has 0 unspecified atom stereocenters. The third-order valence-corrected chi connectivity index (χ3v) is 14.2. The zero-order chi connectivity index (χ0) is 29.0. The summed E-state index contributed by atoms with van der Waals surface area (Å²) in [5.74, 6) is 1.74. The maximum absolute atomic E-state index is 5.96. The second-order valence-electron chi connectivity index (χ2n) is 12.0. The van der Waals surface area contributed by atoms with Crippen LogP contribution in [0.15, 0.2) is 146 Å². The number of fused-ring (bicyclic) bond motifs is 5. The molecule has 3 heteroatoms. The third-order valence-electron chi connectivity index (χ3n) is 9.42. The molecular weight excluding hydrogens is 541 g/mol. The van der Waals surface area contributed by atoms with Gasteiger partial charge in [0.05, 0.1) is 0 Å². The number of hydrogen-bond acceptors (Lipinski definition) is 2. The number of ether oxygens (including phenoxy) is 2. The molecule has 0 saturated carbocycles. The van der Waals surface area contributed by atoms with Crippen LogP contribution in [-0.4, -0.2) is 14.9 Å². The summed E-state index contributed by atoms with van der Waals surface area (Å²) in [6, 6.07) is 53.8. The van der Waals surface area contributed by atoms with E-state index in [1.54, 1.807) is 0 Å². The topological polar surface area (TPSA) is 18.5 Å². The largest absolute Gasteiger partial charge is 0.454 e. The lowest BCUT2D eigenvalue weighted by Crippen LogP contribution is -2.74. The van der Waals surface area contributed by atoms with Crippen molar-refractivity contribution in [2.24, 2.45) is 0 Å². The fourth-order valence-corrected chi connectivity index (χ4v) is 12.1. The van der Waals surface area contributed by atoms with E-state index in [1.165, 1.54) is 54.1 Å². The fraction of sp³-hybridized carbons (Fsp3) is 0.100. The molecule has 0 saturated heterocycles. The van der Waals surface area contributed by atoms with E-state index in [0.717, 1.165) is 11.5 Å². The van der Waals surface area contributed by atoms with Gasteiger partial charge in [0.25, 0.3) is 0 Å². The Morgan fingerprint density at radius 1 is 0.512 bits per heavy atom. The van der Waals surface area contributed by atoms with Crippen LogP contribution in [0.2, 0.25) is 0 Å². The molecule has 0 N–H and O–H groups in total. The van der Waals surface area contributed by atoms with Crippen LogP contribution in [0.5, 0.6) is 11.5 Å². The van der Waals surface area contributed by atoms with Gasteiger partial charge in [-0.05, 0) is 60.7 Å². The van der Waals surface area contributed by atoms with Gasteiger partial charge >= 0.3 is 0 Å². The summed E-state index contributed by atoms with van der Waals surface area (Å²) in [5, 5.41) is 5.53. The molecule has 8 rings (SSSR count). The Labute approximate surface area is 254 Å². The maximum atomic E-state index is 5.96. The van der Waals surface area contributed by atoms with E-state index in [1.807, 2.05) is 6.07 Å². The first-order chi connectivity index (χ1) is 21.1. The molecule has 0 fully saturated rings. The number of hydrogen-bond donors (Lipinski definition) is 0. The molecule has 2 nitrogen and oxygen atoms in total. The van der Waals surface area contributed by atoms with Crippen LogP contribution in [0, 0.1) is 0 Å². The minimum atomic E-state index is -2.54. The SMILES string of the molecule is CC1(C)c2cc(-c3ccc([Si](c4ccccc4)(c4ccccc4)c4ccccc4)cc3)ccc2-c2ccc3c(c21)OCO3. The molecule has 1 aliphatic heterocycles. The molecule has 0 radical (unpaired) electrons. The van der Waals surface area contributed by atoms with Crippen LogP contribution in [0.1, 0.15) is 25.0 Å². The lowest BCUT2D eigenvalue weighted by Gasteiger charge is -2.34. The summed E-state index contributed by atoms with van der Waals surface area (Å²) >= 11 is 0. The Bertz CT molecular complexity index is 1850. The first-order valence-corrected chi connectivity index (χ1v) is 16.9. The molecule has 1 aliphatic carbocycles.